The number of carboxylic acids is 1. The van der Waals surface area contributed by atoms with Crippen molar-refractivity contribution in [3.05, 3.63) is 23.8 Å². The van der Waals surface area contributed by atoms with Gasteiger partial charge in [-0.3, -0.25) is 4.79 Å². The first-order valence-electron chi connectivity index (χ1n) is 6.25. The molecule has 0 radical (unpaired) electrons. The Morgan fingerprint density at radius 1 is 1.35 bits per heavy atom. The molecular weight excluding hydrogens is 262 g/mol. The first-order valence-corrected chi connectivity index (χ1v) is 6.25. The summed E-state index contributed by atoms with van der Waals surface area (Å²) in [6.45, 7) is 4.29. The van der Waals surface area contributed by atoms with Crippen LogP contribution in [0.2, 0.25) is 0 Å². The van der Waals surface area contributed by atoms with Crippen molar-refractivity contribution in [3.63, 3.8) is 0 Å². The molecule has 6 heteroatoms. The lowest BCUT2D eigenvalue weighted by Gasteiger charge is -2.11. The average molecular weight is 281 g/mol. The normalized spacial score (nSPS) is 10.2. The monoisotopic (exact) mass is 281 g/mol. The molecule has 1 aromatic carbocycles. The van der Waals surface area contributed by atoms with Gasteiger partial charge in [-0.2, -0.15) is 0 Å². The van der Waals surface area contributed by atoms with Crippen molar-refractivity contribution < 1.29 is 24.2 Å². The molecule has 6 nitrogen and oxygen atoms in total. The summed E-state index contributed by atoms with van der Waals surface area (Å²) in [5, 5.41) is 11.8. The second-order valence-corrected chi connectivity index (χ2v) is 4.65. The lowest BCUT2D eigenvalue weighted by molar-refractivity contribution is -0.123. The van der Waals surface area contributed by atoms with Gasteiger partial charge in [0.15, 0.2) is 6.61 Å². The highest BCUT2D eigenvalue weighted by molar-refractivity contribution is 5.91. The number of hydrogen-bond donors (Lipinski definition) is 2. The van der Waals surface area contributed by atoms with Crippen LogP contribution in [0.5, 0.6) is 11.5 Å². The highest BCUT2D eigenvalue weighted by atomic mass is 16.5. The van der Waals surface area contributed by atoms with Crippen molar-refractivity contribution in [1.82, 2.24) is 5.32 Å². The summed E-state index contributed by atoms with van der Waals surface area (Å²) >= 11 is 0. The van der Waals surface area contributed by atoms with E-state index in [1.807, 2.05) is 13.8 Å². The number of methoxy groups -OCH3 is 1. The Hall–Kier alpha value is -2.24. The van der Waals surface area contributed by atoms with Gasteiger partial charge in [0.1, 0.15) is 17.1 Å². The fourth-order valence-corrected chi connectivity index (χ4v) is 1.44. The van der Waals surface area contributed by atoms with Gasteiger partial charge in [-0.05, 0) is 24.1 Å². The predicted molar refractivity (Wildman–Crippen MR) is 73.3 cm³/mol. The van der Waals surface area contributed by atoms with Crippen LogP contribution in [0.15, 0.2) is 18.2 Å². The van der Waals surface area contributed by atoms with Crippen molar-refractivity contribution in [3.8, 4) is 11.5 Å². The second-order valence-electron chi connectivity index (χ2n) is 4.65. The molecule has 1 aromatic rings. The molecule has 0 spiro atoms. The standard InChI is InChI=1S/C14H19NO5/c1-9(2)7-15-13(16)8-20-12-5-4-10(19-3)6-11(12)14(17)18/h4-6,9H,7-8H2,1-3H3,(H,15,16)(H,17,18). The van der Waals surface area contributed by atoms with Crippen molar-refractivity contribution in [2.75, 3.05) is 20.3 Å². The van der Waals surface area contributed by atoms with E-state index in [1.165, 1.54) is 19.2 Å². The number of benzene rings is 1. The molecule has 0 bridgehead atoms. The number of rotatable bonds is 7. The van der Waals surface area contributed by atoms with Crippen LogP contribution in [-0.4, -0.2) is 37.2 Å². The summed E-state index contributed by atoms with van der Waals surface area (Å²) in [7, 11) is 1.45. The Morgan fingerprint density at radius 2 is 2.05 bits per heavy atom. The van der Waals surface area contributed by atoms with Crippen LogP contribution in [0.1, 0.15) is 24.2 Å². The number of carbonyl (C=O) groups excluding carboxylic acids is 1. The largest absolute Gasteiger partial charge is 0.497 e. The van der Waals surface area contributed by atoms with E-state index in [9.17, 15) is 9.59 Å². The number of amides is 1. The third-order valence-corrected chi connectivity index (χ3v) is 2.48. The summed E-state index contributed by atoms with van der Waals surface area (Å²) in [4.78, 5) is 22.6. The maximum Gasteiger partial charge on any atom is 0.339 e. The van der Waals surface area contributed by atoms with Crippen molar-refractivity contribution in [2.24, 2.45) is 5.92 Å². The molecule has 110 valence electrons. The van der Waals surface area contributed by atoms with Gasteiger partial charge in [-0.1, -0.05) is 13.8 Å². The van der Waals surface area contributed by atoms with Gasteiger partial charge in [0.2, 0.25) is 0 Å². The molecule has 0 fully saturated rings. The molecular formula is C14H19NO5. The van der Waals surface area contributed by atoms with Crippen LogP contribution in [0.4, 0.5) is 0 Å². The van der Waals surface area contributed by atoms with E-state index < -0.39 is 5.97 Å². The molecule has 20 heavy (non-hydrogen) atoms. The minimum absolute atomic E-state index is 0.0407. The fourth-order valence-electron chi connectivity index (χ4n) is 1.44. The highest BCUT2D eigenvalue weighted by Crippen LogP contribution is 2.24. The van der Waals surface area contributed by atoms with Gasteiger partial charge in [0.25, 0.3) is 5.91 Å². The molecule has 0 heterocycles. The van der Waals surface area contributed by atoms with Crippen LogP contribution in [0.25, 0.3) is 0 Å². The Balaban J connectivity index is 2.67. The number of aromatic carboxylic acids is 1. The Kier molecular flexibility index (Phi) is 5.83. The number of carbonyl (C=O) groups is 2. The van der Waals surface area contributed by atoms with Crippen molar-refractivity contribution >= 4 is 11.9 Å². The molecule has 0 atom stereocenters. The maximum absolute atomic E-state index is 11.5. The van der Waals surface area contributed by atoms with Gasteiger partial charge >= 0.3 is 5.97 Å². The van der Waals surface area contributed by atoms with Gasteiger partial charge in [-0.25, -0.2) is 4.79 Å². The summed E-state index contributed by atoms with van der Waals surface area (Å²) < 4.78 is 10.2. The summed E-state index contributed by atoms with van der Waals surface area (Å²) in [5.74, 6) is -0.529. The first-order chi connectivity index (χ1) is 9.43. The summed E-state index contributed by atoms with van der Waals surface area (Å²) in [6, 6.07) is 4.40. The predicted octanol–water partition coefficient (Wildman–Crippen LogP) is 1.54. The molecule has 0 unspecified atom stereocenters. The molecule has 0 saturated heterocycles. The molecule has 0 aliphatic rings. The molecule has 0 aliphatic heterocycles. The van der Waals surface area contributed by atoms with Gasteiger partial charge in [-0.15, -0.1) is 0 Å². The minimum Gasteiger partial charge on any atom is -0.497 e. The van der Waals surface area contributed by atoms with E-state index >= 15 is 0 Å². The number of ether oxygens (including phenoxy) is 2. The first kappa shape index (κ1) is 15.8. The minimum atomic E-state index is -1.14. The number of hydrogen-bond acceptors (Lipinski definition) is 4. The van der Waals surface area contributed by atoms with E-state index in [1.54, 1.807) is 6.07 Å². The Morgan fingerprint density at radius 3 is 2.60 bits per heavy atom. The topological polar surface area (TPSA) is 84.9 Å². The second kappa shape index (κ2) is 7.37. The molecule has 0 aliphatic carbocycles. The molecule has 1 rings (SSSR count). The van der Waals surface area contributed by atoms with Crippen LogP contribution in [0.3, 0.4) is 0 Å². The van der Waals surface area contributed by atoms with Gasteiger partial charge in [0.05, 0.1) is 7.11 Å². The zero-order valence-corrected chi connectivity index (χ0v) is 11.8. The van der Waals surface area contributed by atoms with E-state index in [-0.39, 0.29) is 23.8 Å². The lowest BCUT2D eigenvalue weighted by Crippen LogP contribution is -2.31. The smallest absolute Gasteiger partial charge is 0.339 e. The van der Waals surface area contributed by atoms with Gasteiger partial charge in [0, 0.05) is 6.54 Å². The quantitative estimate of drug-likeness (QED) is 0.792. The summed E-state index contributed by atoms with van der Waals surface area (Å²) in [5.41, 5.74) is -0.0407. The van der Waals surface area contributed by atoms with Crippen LogP contribution >= 0.6 is 0 Å². The molecule has 0 saturated carbocycles. The summed E-state index contributed by atoms with van der Waals surface area (Å²) in [6.07, 6.45) is 0. The Bertz CT molecular complexity index is 484. The third-order valence-electron chi connectivity index (χ3n) is 2.48. The fraction of sp³-hybridized carbons (Fsp3) is 0.429. The zero-order chi connectivity index (χ0) is 15.1. The van der Waals surface area contributed by atoms with Gasteiger partial charge < -0.3 is 19.9 Å². The highest BCUT2D eigenvalue weighted by Gasteiger charge is 2.14. The van der Waals surface area contributed by atoms with E-state index in [0.717, 1.165) is 0 Å². The average Bonchev–Trinajstić information content (AvgIpc) is 2.42. The van der Waals surface area contributed by atoms with Crippen LogP contribution in [0, 0.1) is 5.92 Å². The molecule has 0 aromatic heterocycles. The van der Waals surface area contributed by atoms with Crippen LogP contribution in [-0.2, 0) is 4.79 Å². The van der Waals surface area contributed by atoms with Crippen molar-refractivity contribution in [2.45, 2.75) is 13.8 Å². The lowest BCUT2D eigenvalue weighted by atomic mass is 10.2. The zero-order valence-electron chi connectivity index (χ0n) is 11.8. The molecule has 2 N–H and O–H groups in total. The SMILES string of the molecule is COc1ccc(OCC(=O)NCC(C)C)c(C(=O)O)c1. The Labute approximate surface area is 117 Å². The maximum atomic E-state index is 11.5. The molecule has 1 amide bonds. The van der Waals surface area contributed by atoms with Crippen molar-refractivity contribution in [1.29, 1.82) is 0 Å². The van der Waals surface area contributed by atoms with E-state index in [2.05, 4.69) is 5.32 Å². The van der Waals surface area contributed by atoms with E-state index in [4.69, 9.17) is 14.6 Å². The number of nitrogens with one attached hydrogen (secondary N) is 1. The van der Waals surface area contributed by atoms with Crippen LogP contribution < -0.4 is 14.8 Å². The number of carboxylic acid groups (broad SMARTS) is 1. The third kappa shape index (κ3) is 4.79. The van der Waals surface area contributed by atoms with E-state index in [0.29, 0.717) is 18.2 Å².